The molecule has 2 heterocycles. The minimum absolute atomic E-state index is 0.0337. The number of ether oxygens (including phenoxy) is 2. The van der Waals surface area contributed by atoms with Crippen LogP contribution in [0.1, 0.15) is 12.0 Å². The molecule has 1 aromatic heterocycles. The van der Waals surface area contributed by atoms with Crippen molar-refractivity contribution in [2.24, 2.45) is 0 Å². The Balaban J connectivity index is 1.65. The van der Waals surface area contributed by atoms with Gasteiger partial charge in [-0.3, -0.25) is 4.79 Å². The molecule has 2 aromatic carbocycles. The van der Waals surface area contributed by atoms with Crippen molar-refractivity contribution < 1.29 is 18.7 Å². The Morgan fingerprint density at radius 1 is 1.11 bits per heavy atom. The minimum Gasteiger partial charge on any atom is -0.489 e. The summed E-state index contributed by atoms with van der Waals surface area (Å²) in [6.45, 7) is 3.77. The van der Waals surface area contributed by atoms with Gasteiger partial charge in [-0.15, -0.1) is 0 Å². The van der Waals surface area contributed by atoms with Gasteiger partial charge in [-0.1, -0.05) is 18.7 Å². The first kappa shape index (κ1) is 17.0. The van der Waals surface area contributed by atoms with E-state index in [9.17, 15) is 14.0 Å². The van der Waals surface area contributed by atoms with Crippen LogP contribution in [0, 0.1) is 5.82 Å². The first-order valence-corrected chi connectivity index (χ1v) is 8.38. The van der Waals surface area contributed by atoms with Gasteiger partial charge in [-0.2, -0.15) is 0 Å². The Bertz CT molecular complexity index is 1090. The molecule has 5 nitrogen and oxygen atoms in total. The zero-order chi connectivity index (χ0) is 19.0. The van der Waals surface area contributed by atoms with Gasteiger partial charge >= 0.3 is 5.97 Å². The number of esters is 1. The number of fused-ring (bicyclic) bond motifs is 1. The topological polar surface area (TPSA) is 68.4 Å². The number of H-pyrrole nitrogens is 1. The first-order chi connectivity index (χ1) is 12.9. The molecule has 1 saturated heterocycles. The average molecular weight is 365 g/mol. The maximum Gasteiger partial charge on any atom is 0.334 e. The van der Waals surface area contributed by atoms with Crippen LogP contribution in [0.25, 0.3) is 10.9 Å². The number of hydrogen-bond donors (Lipinski definition) is 1. The largest absolute Gasteiger partial charge is 0.489 e. The van der Waals surface area contributed by atoms with Gasteiger partial charge in [-0.05, 0) is 41.3 Å². The summed E-state index contributed by atoms with van der Waals surface area (Å²) in [5.74, 6) is -0.360. The number of aromatic nitrogens is 1. The monoisotopic (exact) mass is 365 g/mol. The Hall–Kier alpha value is -3.41. The second-order valence-electron chi connectivity index (χ2n) is 6.53. The van der Waals surface area contributed by atoms with Crippen molar-refractivity contribution in [3.05, 3.63) is 88.5 Å². The third-order valence-corrected chi connectivity index (χ3v) is 4.61. The van der Waals surface area contributed by atoms with Crippen molar-refractivity contribution in [1.29, 1.82) is 0 Å². The summed E-state index contributed by atoms with van der Waals surface area (Å²) < 4.78 is 24.8. The van der Waals surface area contributed by atoms with Crippen LogP contribution in [0.2, 0.25) is 0 Å². The van der Waals surface area contributed by atoms with Gasteiger partial charge in [0, 0.05) is 24.1 Å². The molecular formula is C21H16FNO4. The van der Waals surface area contributed by atoms with Gasteiger partial charge in [-0.25, -0.2) is 9.18 Å². The van der Waals surface area contributed by atoms with Gasteiger partial charge in [0.1, 0.15) is 18.2 Å². The van der Waals surface area contributed by atoms with Crippen LogP contribution >= 0.6 is 0 Å². The molecule has 4 rings (SSSR count). The average Bonchev–Trinajstić information content (AvgIpc) is 2.95. The molecular weight excluding hydrogens is 349 g/mol. The summed E-state index contributed by atoms with van der Waals surface area (Å²) in [4.78, 5) is 26.2. The number of pyridine rings is 1. The van der Waals surface area contributed by atoms with Gasteiger partial charge < -0.3 is 14.5 Å². The van der Waals surface area contributed by atoms with Crippen LogP contribution in [0.15, 0.2) is 71.5 Å². The zero-order valence-corrected chi connectivity index (χ0v) is 14.3. The van der Waals surface area contributed by atoms with E-state index in [-0.39, 0.29) is 24.4 Å². The predicted molar refractivity (Wildman–Crippen MR) is 98.0 cm³/mol. The van der Waals surface area contributed by atoms with E-state index in [0.717, 1.165) is 5.39 Å². The fourth-order valence-corrected chi connectivity index (χ4v) is 3.20. The summed E-state index contributed by atoms with van der Waals surface area (Å²) in [6.07, 6.45) is 0.252. The smallest absolute Gasteiger partial charge is 0.334 e. The van der Waals surface area contributed by atoms with Crippen molar-refractivity contribution >= 4 is 16.9 Å². The molecule has 1 unspecified atom stereocenters. The molecule has 27 heavy (non-hydrogen) atoms. The SMILES string of the molecule is C=C1CC(COc2ccc3ccc(=O)[nH]c3c2)(c2ccc(F)cc2)OC1=O. The lowest BCUT2D eigenvalue weighted by atomic mass is 9.90. The molecule has 1 aliphatic rings. The van der Waals surface area contributed by atoms with Crippen molar-refractivity contribution in [3.8, 4) is 5.75 Å². The second kappa shape index (κ2) is 6.39. The highest BCUT2D eigenvalue weighted by atomic mass is 19.1. The quantitative estimate of drug-likeness (QED) is 0.568. The van der Waals surface area contributed by atoms with Crippen molar-refractivity contribution in [2.45, 2.75) is 12.0 Å². The highest BCUT2D eigenvalue weighted by Crippen LogP contribution is 2.39. The van der Waals surface area contributed by atoms with E-state index in [4.69, 9.17) is 9.47 Å². The summed E-state index contributed by atoms with van der Waals surface area (Å²) in [5.41, 5.74) is 0.337. The summed E-state index contributed by atoms with van der Waals surface area (Å²) in [7, 11) is 0. The number of carbonyl (C=O) groups excluding carboxylic acids is 1. The highest BCUT2D eigenvalue weighted by molar-refractivity contribution is 5.90. The van der Waals surface area contributed by atoms with E-state index in [1.54, 1.807) is 30.3 Å². The van der Waals surface area contributed by atoms with E-state index >= 15 is 0 Å². The molecule has 0 amide bonds. The third-order valence-electron chi connectivity index (χ3n) is 4.61. The third kappa shape index (κ3) is 3.21. The summed E-state index contributed by atoms with van der Waals surface area (Å²) >= 11 is 0. The van der Waals surface area contributed by atoms with E-state index in [1.165, 1.54) is 18.2 Å². The van der Waals surface area contributed by atoms with Gasteiger partial charge in [0.15, 0.2) is 5.60 Å². The van der Waals surface area contributed by atoms with Crippen molar-refractivity contribution in [3.63, 3.8) is 0 Å². The van der Waals surface area contributed by atoms with Crippen LogP contribution in [-0.4, -0.2) is 17.6 Å². The molecule has 1 N–H and O–H groups in total. The molecule has 136 valence electrons. The fraction of sp³-hybridized carbons (Fsp3) is 0.143. The Kier molecular flexibility index (Phi) is 4.03. The van der Waals surface area contributed by atoms with Crippen LogP contribution < -0.4 is 10.3 Å². The number of carbonyl (C=O) groups is 1. The van der Waals surface area contributed by atoms with Crippen LogP contribution in [0.3, 0.4) is 0 Å². The van der Waals surface area contributed by atoms with E-state index in [0.29, 0.717) is 22.4 Å². The van der Waals surface area contributed by atoms with Crippen molar-refractivity contribution in [1.82, 2.24) is 4.98 Å². The second-order valence-corrected chi connectivity index (χ2v) is 6.53. The Morgan fingerprint density at radius 2 is 1.85 bits per heavy atom. The molecule has 1 atom stereocenters. The van der Waals surface area contributed by atoms with E-state index in [2.05, 4.69) is 11.6 Å². The molecule has 0 bridgehead atoms. The molecule has 1 aliphatic heterocycles. The number of rotatable bonds is 4. The fourth-order valence-electron chi connectivity index (χ4n) is 3.20. The van der Waals surface area contributed by atoms with Crippen LogP contribution in [0.4, 0.5) is 4.39 Å². The predicted octanol–water partition coefficient (Wildman–Crippen LogP) is 3.44. The standard InChI is InChI=1S/C21H16FNO4/c1-13-11-21(27-20(13)25,15-4-6-16(22)7-5-15)12-26-17-8-2-14-3-9-19(24)23-18(14)10-17/h2-10H,1,11-12H2,(H,23,24). The normalized spacial score (nSPS) is 19.3. The number of nitrogens with one attached hydrogen (secondary N) is 1. The lowest BCUT2D eigenvalue weighted by Gasteiger charge is -2.28. The Morgan fingerprint density at radius 3 is 2.56 bits per heavy atom. The molecule has 0 spiro atoms. The van der Waals surface area contributed by atoms with Crippen molar-refractivity contribution in [2.75, 3.05) is 6.61 Å². The molecule has 0 radical (unpaired) electrons. The lowest BCUT2D eigenvalue weighted by Crippen LogP contribution is -2.33. The number of halogens is 1. The zero-order valence-electron chi connectivity index (χ0n) is 14.3. The molecule has 1 fully saturated rings. The van der Waals surface area contributed by atoms with E-state index in [1.807, 2.05) is 6.07 Å². The number of benzene rings is 2. The molecule has 6 heteroatoms. The molecule has 0 aliphatic carbocycles. The maximum atomic E-state index is 13.3. The lowest BCUT2D eigenvalue weighted by molar-refractivity contribution is -0.150. The van der Waals surface area contributed by atoms with Crippen LogP contribution in [0.5, 0.6) is 5.75 Å². The minimum atomic E-state index is -1.07. The Labute approximate surface area is 154 Å². The highest BCUT2D eigenvalue weighted by Gasteiger charge is 2.45. The van der Waals surface area contributed by atoms with E-state index < -0.39 is 11.6 Å². The van der Waals surface area contributed by atoms with Gasteiger partial charge in [0.05, 0.1) is 5.52 Å². The summed E-state index contributed by atoms with van der Waals surface area (Å²) in [6, 6.07) is 14.2. The van der Waals surface area contributed by atoms with Gasteiger partial charge in [0.25, 0.3) is 0 Å². The van der Waals surface area contributed by atoms with Gasteiger partial charge in [0.2, 0.25) is 5.56 Å². The number of cyclic esters (lactones) is 1. The molecule has 3 aromatic rings. The maximum absolute atomic E-state index is 13.3. The molecule has 0 saturated carbocycles. The first-order valence-electron chi connectivity index (χ1n) is 8.38. The number of hydrogen-bond acceptors (Lipinski definition) is 4. The number of aromatic amines is 1. The van der Waals surface area contributed by atoms with Crippen LogP contribution in [-0.2, 0) is 15.1 Å². The summed E-state index contributed by atoms with van der Waals surface area (Å²) in [5, 5.41) is 0.871.